The predicted octanol–water partition coefficient (Wildman–Crippen LogP) is 4.85. The summed E-state index contributed by atoms with van der Waals surface area (Å²) in [5.41, 5.74) is 1.61. The maximum Gasteiger partial charge on any atom is 0.259 e. The Morgan fingerprint density at radius 2 is 1.86 bits per heavy atom. The Morgan fingerprint density at radius 1 is 1.06 bits per heavy atom. The molecule has 1 amide bonds. The highest BCUT2D eigenvalue weighted by Gasteiger charge is 2.21. The van der Waals surface area contributed by atoms with Gasteiger partial charge in [0, 0.05) is 29.5 Å². The van der Waals surface area contributed by atoms with Crippen LogP contribution < -0.4 is 25.1 Å². The number of nitrogens with zero attached hydrogens (tertiary/aromatic N) is 1. The number of H-pyrrole nitrogens is 1. The fourth-order valence-electron chi connectivity index (χ4n) is 4.23. The van der Waals surface area contributed by atoms with Crippen LogP contribution in [0.4, 0.5) is 5.69 Å². The summed E-state index contributed by atoms with van der Waals surface area (Å²) in [6.07, 6.45) is 3.56. The van der Waals surface area contributed by atoms with E-state index in [0.29, 0.717) is 35.2 Å². The van der Waals surface area contributed by atoms with Gasteiger partial charge in [0.25, 0.3) is 5.56 Å². The maximum absolute atomic E-state index is 12.6. The summed E-state index contributed by atoms with van der Waals surface area (Å²) in [5, 5.41) is 3.60. The molecule has 2 heterocycles. The number of rotatable bonds is 8. The van der Waals surface area contributed by atoms with Crippen molar-refractivity contribution in [3.8, 4) is 23.0 Å². The normalized spacial score (nSPS) is 12.4. The summed E-state index contributed by atoms with van der Waals surface area (Å²) in [4.78, 5) is 34.7. The van der Waals surface area contributed by atoms with E-state index in [2.05, 4.69) is 15.3 Å². The second-order valence-electron chi connectivity index (χ2n) is 8.24. The summed E-state index contributed by atoms with van der Waals surface area (Å²) in [6, 6.07) is 12.4. The largest absolute Gasteiger partial charge is 0.497 e. The van der Waals surface area contributed by atoms with Crippen molar-refractivity contribution in [3.63, 3.8) is 0 Å². The SMILES string of the molecule is COc1ccc(Oc2cc(NC(=O)CCc3nc4sc5c(c4c(=O)[nH]3)CCC5)ccc2OC)cc1. The first-order valence-electron chi connectivity index (χ1n) is 11.4. The first kappa shape index (κ1) is 22.9. The van der Waals surface area contributed by atoms with Gasteiger partial charge in [-0.1, -0.05) is 0 Å². The van der Waals surface area contributed by atoms with E-state index in [1.165, 1.54) is 4.88 Å². The van der Waals surface area contributed by atoms with Crippen molar-refractivity contribution in [1.82, 2.24) is 9.97 Å². The molecule has 2 N–H and O–H groups in total. The lowest BCUT2D eigenvalue weighted by Crippen LogP contribution is -2.16. The molecule has 1 aliphatic carbocycles. The van der Waals surface area contributed by atoms with Gasteiger partial charge in [0.05, 0.1) is 19.6 Å². The summed E-state index contributed by atoms with van der Waals surface area (Å²) in [7, 11) is 3.16. The fraction of sp³-hybridized carbons (Fsp3) is 0.269. The van der Waals surface area contributed by atoms with E-state index in [-0.39, 0.29) is 17.9 Å². The molecular formula is C26H25N3O5S. The number of benzene rings is 2. The molecule has 8 nitrogen and oxygen atoms in total. The monoisotopic (exact) mass is 491 g/mol. The second kappa shape index (κ2) is 9.79. The number of aromatic nitrogens is 2. The molecule has 0 spiro atoms. The third-order valence-electron chi connectivity index (χ3n) is 5.95. The number of thiophene rings is 1. The minimum absolute atomic E-state index is 0.111. The van der Waals surface area contributed by atoms with Crippen LogP contribution in [0.5, 0.6) is 23.0 Å². The standard InChI is InChI=1S/C26H25N3O5S/c1-32-16-7-9-17(10-8-16)34-20-14-15(6-11-19(20)33-2)27-23(30)13-12-22-28-25(31)24-18-4-3-5-21(18)35-26(24)29-22/h6-11,14H,3-5,12-13H2,1-2H3,(H,27,30)(H,28,29,31). The van der Waals surface area contributed by atoms with E-state index in [1.54, 1.807) is 68.0 Å². The molecule has 1 aliphatic rings. The molecule has 0 saturated carbocycles. The Morgan fingerprint density at radius 3 is 2.63 bits per heavy atom. The third-order valence-corrected chi connectivity index (χ3v) is 7.13. The van der Waals surface area contributed by atoms with E-state index in [0.717, 1.165) is 40.8 Å². The minimum Gasteiger partial charge on any atom is -0.497 e. The number of anilines is 1. The number of methoxy groups -OCH3 is 2. The number of fused-ring (bicyclic) bond motifs is 3. The fourth-order valence-corrected chi connectivity index (χ4v) is 5.51. The van der Waals surface area contributed by atoms with E-state index in [9.17, 15) is 9.59 Å². The molecule has 0 radical (unpaired) electrons. The van der Waals surface area contributed by atoms with Gasteiger partial charge in [-0.05, 0) is 61.2 Å². The highest BCUT2D eigenvalue weighted by molar-refractivity contribution is 7.18. The zero-order valence-electron chi connectivity index (χ0n) is 19.5. The molecule has 180 valence electrons. The first-order valence-corrected chi connectivity index (χ1v) is 12.2. The highest BCUT2D eigenvalue weighted by atomic mass is 32.1. The summed E-state index contributed by atoms with van der Waals surface area (Å²) < 4.78 is 16.5. The molecule has 2 aromatic heterocycles. The summed E-state index contributed by atoms with van der Waals surface area (Å²) in [6.45, 7) is 0. The van der Waals surface area contributed by atoms with Crippen LogP contribution in [-0.4, -0.2) is 30.1 Å². The quantitative estimate of drug-likeness (QED) is 0.365. The van der Waals surface area contributed by atoms with Gasteiger partial charge in [0.1, 0.15) is 22.2 Å². The van der Waals surface area contributed by atoms with Gasteiger partial charge in [-0.2, -0.15) is 0 Å². The van der Waals surface area contributed by atoms with Crippen LogP contribution in [0.15, 0.2) is 47.3 Å². The number of carbonyl (C=O) groups is 1. The smallest absolute Gasteiger partial charge is 0.259 e. The Bertz CT molecular complexity index is 1440. The number of nitrogens with one attached hydrogen (secondary N) is 2. The van der Waals surface area contributed by atoms with Gasteiger partial charge in [-0.3, -0.25) is 9.59 Å². The molecule has 9 heteroatoms. The average Bonchev–Trinajstić information content (AvgIpc) is 3.45. The van der Waals surface area contributed by atoms with Crippen molar-refractivity contribution in [1.29, 1.82) is 0 Å². The van der Waals surface area contributed by atoms with Crippen molar-refractivity contribution >= 4 is 33.1 Å². The van der Waals surface area contributed by atoms with Crippen molar-refractivity contribution in [2.75, 3.05) is 19.5 Å². The van der Waals surface area contributed by atoms with Crippen LogP contribution in [0.2, 0.25) is 0 Å². The van der Waals surface area contributed by atoms with Gasteiger partial charge in [-0.15, -0.1) is 11.3 Å². The third kappa shape index (κ3) is 4.85. The molecule has 0 fully saturated rings. The molecule has 35 heavy (non-hydrogen) atoms. The second-order valence-corrected chi connectivity index (χ2v) is 9.33. The van der Waals surface area contributed by atoms with E-state index in [4.69, 9.17) is 14.2 Å². The molecule has 5 rings (SSSR count). The Balaban J connectivity index is 1.25. The van der Waals surface area contributed by atoms with E-state index >= 15 is 0 Å². The predicted molar refractivity (Wildman–Crippen MR) is 135 cm³/mol. The van der Waals surface area contributed by atoms with Crippen LogP contribution in [0.25, 0.3) is 10.2 Å². The van der Waals surface area contributed by atoms with Crippen LogP contribution in [0.3, 0.4) is 0 Å². The number of amides is 1. The molecule has 0 unspecified atom stereocenters. The van der Waals surface area contributed by atoms with Crippen molar-refractivity contribution in [2.45, 2.75) is 32.1 Å². The molecule has 0 aliphatic heterocycles. The zero-order chi connectivity index (χ0) is 24.4. The van der Waals surface area contributed by atoms with Gasteiger partial charge < -0.3 is 24.5 Å². The molecule has 0 saturated heterocycles. The number of hydrogen-bond acceptors (Lipinski definition) is 7. The minimum atomic E-state index is -0.193. The summed E-state index contributed by atoms with van der Waals surface area (Å²) >= 11 is 1.59. The van der Waals surface area contributed by atoms with Crippen molar-refractivity contribution in [2.24, 2.45) is 0 Å². The summed E-state index contributed by atoms with van der Waals surface area (Å²) in [5.74, 6) is 2.67. The zero-order valence-corrected chi connectivity index (χ0v) is 20.3. The lowest BCUT2D eigenvalue weighted by atomic mass is 10.2. The average molecular weight is 492 g/mol. The first-order chi connectivity index (χ1) is 17.0. The van der Waals surface area contributed by atoms with E-state index < -0.39 is 0 Å². The number of hydrogen-bond donors (Lipinski definition) is 2. The van der Waals surface area contributed by atoms with Crippen LogP contribution in [0.1, 0.15) is 29.1 Å². The topological polar surface area (TPSA) is 103 Å². The number of aryl methyl sites for hydroxylation is 3. The van der Waals surface area contributed by atoms with Gasteiger partial charge >= 0.3 is 0 Å². The lowest BCUT2D eigenvalue weighted by Gasteiger charge is -2.13. The Kier molecular flexibility index (Phi) is 6.41. The molecule has 0 atom stereocenters. The number of ether oxygens (including phenoxy) is 3. The number of aromatic amines is 1. The van der Waals surface area contributed by atoms with Crippen LogP contribution in [-0.2, 0) is 24.1 Å². The van der Waals surface area contributed by atoms with Crippen molar-refractivity contribution in [3.05, 3.63) is 69.1 Å². The molecule has 4 aromatic rings. The Labute approximate surface area is 205 Å². The van der Waals surface area contributed by atoms with E-state index in [1.807, 2.05) is 0 Å². The van der Waals surface area contributed by atoms with Gasteiger partial charge in [-0.25, -0.2) is 4.98 Å². The number of carbonyl (C=O) groups excluding carboxylic acids is 1. The highest BCUT2D eigenvalue weighted by Crippen LogP contribution is 2.35. The molecule has 2 aromatic carbocycles. The van der Waals surface area contributed by atoms with Crippen molar-refractivity contribution < 1.29 is 19.0 Å². The molecule has 0 bridgehead atoms. The lowest BCUT2D eigenvalue weighted by molar-refractivity contribution is -0.116. The van der Waals surface area contributed by atoms with Crippen LogP contribution >= 0.6 is 11.3 Å². The molecular weight excluding hydrogens is 466 g/mol. The van der Waals surface area contributed by atoms with Gasteiger partial charge in [0.15, 0.2) is 11.5 Å². The Hall–Kier alpha value is -3.85. The maximum atomic E-state index is 12.6. The van der Waals surface area contributed by atoms with Gasteiger partial charge in [0.2, 0.25) is 5.91 Å². The van der Waals surface area contributed by atoms with Crippen LogP contribution in [0, 0.1) is 0 Å².